The summed E-state index contributed by atoms with van der Waals surface area (Å²) < 4.78 is 1.55. The van der Waals surface area contributed by atoms with E-state index in [1.807, 2.05) is 6.07 Å². The molecule has 0 aliphatic carbocycles. The van der Waals surface area contributed by atoms with Crippen LogP contribution in [-0.4, -0.2) is 9.55 Å². The van der Waals surface area contributed by atoms with Gasteiger partial charge in [-0.3, -0.25) is 4.57 Å². The molecule has 1 rings (SSSR count). The fourth-order valence-corrected chi connectivity index (χ4v) is 0.854. The van der Waals surface area contributed by atoms with Crippen LogP contribution in [0.3, 0.4) is 0 Å². The van der Waals surface area contributed by atoms with Crippen LogP contribution >= 0.6 is 0 Å². The normalized spacial score (nSPS) is 9.36. The maximum absolute atomic E-state index is 10.8. The first-order valence-electron chi connectivity index (χ1n) is 3.45. The van der Waals surface area contributed by atoms with Gasteiger partial charge in [0, 0.05) is 25.4 Å². The Morgan fingerprint density at radius 2 is 2.55 bits per heavy atom. The molecule has 0 aromatic carbocycles. The van der Waals surface area contributed by atoms with Gasteiger partial charge in [-0.15, -0.1) is 0 Å². The maximum Gasteiger partial charge on any atom is 0.325 e. The van der Waals surface area contributed by atoms with Crippen molar-refractivity contribution in [3.63, 3.8) is 0 Å². The number of aromatic amines is 1. The molecule has 4 nitrogen and oxygen atoms in total. The molecule has 0 fully saturated rings. The van der Waals surface area contributed by atoms with Crippen molar-refractivity contribution >= 4 is 0 Å². The Morgan fingerprint density at radius 3 is 3.09 bits per heavy atom. The third-order valence-electron chi connectivity index (χ3n) is 1.41. The molecular weight excluding hydrogens is 142 g/mol. The Hall–Kier alpha value is -1.50. The molecule has 0 unspecified atom stereocenters. The smallest absolute Gasteiger partial charge is 0.313 e. The number of unbranched alkanes of at least 4 members (excludes halogenated alkanes) is 1. The van der Waals surface area contributed by atoms with Crippen LogP contribution < -0.4 is 5.69 Å². The number of H-pyrrole nitrogens is 1. The Kier molecular flexibility index (Phi) is 2.50. The molecule has 0 bridgehead atoms. The summed E-state index contributed by atoms with van der Waals surface area (Å²) in [4.78, 5) is 13.4. The standard InChI is InChI=1S/C7H9N3O/c8-3-1-2-5-10-6-4-9-7(10)11/h4,6H,1-2,5H2,(H,9,11). The molecule has 0 atom stereocenters. The van der Waals surface area contributed by atoms with Gasteiger partial charge in [0.1, 0.15) is 0 Å². The van der Waals surface area contributed by atoms with Crippen LogP contribution in [0.2, 0.25) is 0 Å². The first-order chi connectivity index (χ1) is 5.34. The number of aromatic nitrogens is 2. The van der Waals surface area contributed by atoms with Crippen LogP contribution in [-0.2, 0) is 6.54 Å². The summed E-state index contributed by atoms with van der Waals surface area (Å²) in [7, 11) is 0. The van der Waals surface area contributed by atoms with Gasteiger partial charge < -0.3 is 4.98 Å². The van der Waals surface area contributed by atoms with Gasteiger partial charge in [0.15, 0.2) is 0 Å². The molecule has 1 N–H and O–H groups in total. The van der Waals surface area contributed by atoms with Gasteiger partial charge in [-0.25, -0.2) is 4.79 Å². The summed E-state index contributed by atoms with van der Waals surface area (Å²) in [5, 5.41) is 8.22. The second-order valence-electron chi connectivity index (χ2n) is 2.22. The zero-order valence-electron chi connectivity index (χ0n) is 6.08. The van der Waals surface area contributed by atoms with Crippen molar-refractivity contribution in [2.24, 2.45) is 0 Å². The number of nitrogens with one attached hydrogen (secondary N) is 1. The van der Waals surface area contributed by atoms with Crippen LogP contribution in [0.15, 0.2) is 17.2 Å². The highest BCUT2D eigenvalue weighted by Gasteiger charge is 1.93. The molecule has 4 heteroatoms. The van der Waals surface area contributed by atoms with E-state index in [0.717, 1.165) is 6.42 Å². The lowest BCUT2D eigenvalue weighted by Crippen LogP contribution is -2.15. The van der Waals surface area contributed by atoms with Gasteiger partial charge in [-0.05, 0) is 6.42 Å². The lowest BCUT2D eigenvalue weighted by Gasteiger charge is -1.94. The SMILES string of the molecule is N#CCCCn1cc[nH]c1=O. The third-order valence-corrected chi connectivity index (χ3v) is 1.41. The van der Waals surface area contributed by atoms with E-state index in [9.17, 15) is 4.79 Å². The number of rotatable bonds is 3. The number of nitrogens with zero attached hydrogens (tertiary/aromatic N) is 2. The minimum absolute atomic E-state index is 0.108. The second-order valence-corrected chi connectivity index (χ2v) is 2.22. The number of imidazole rings is 1. The molecule has 0 amide bonds. The first kappa shape index (κ1) is 7.61. The van der Waals surface area contributed by atoms with Crippen molar-refractivity contribution < 1.29 is 0 Å². The van der Waals surface area contributed by atoms with Crippen LogP contribution in [0, 0.1) is 11.3 Å². The van der Waals surface area contributed by atoms with E-state index in [1.165, 1.54) is 0 Å². The van der Waals surface area contributed by atoms with Crippen LogP contribution in [0.25, 0.3) is 0 Å². The predicted octanol–water partition coefficient (Wildman–Crippen LogP) is 0.480. The van der Waals surface area contributed by atoms with Crippen molar-refractivity contribution in [1.29, 1.82) is 5.26 Å². The van der Waals surface area contributed by atoms with Crippen molar-refractivity contribution in [2.45, 2.75) is 19.4 Å². The lowest BCUT2D eigenvalue weighted by atomic mass is 10.3. The molecule has 1 aromatic heterocycles. The first-order valence-corrected chi connectivity index (χ1v) is 3.45. The minimum Gasteiger partial charge on any atom is -0.313 e. The van der Waals surface area contributed by atoms with Crippen LogP contribution in [0.4, 0.5) is 0 Å². The van der Waals surface area contributed by atoms with Crippen LogP contribution in [0.1, 0.15) is 12.8 Å². The number of hydrogen-bond donors (Lipinski definition) is 1. The Labute approximate surface area is 64.1 Å². The second kappa shape index (κ2) is 3.62. The lowest BCUT2D eigenvalue weighted by molar-refractivity contribution is 0.634. The summed E-state index contributed by atoms with van der Waals surface area (Å²) in [6.45, 7) is 0.621. The van der Waals surface area contributed by atoms with Crippen LogP contribution in [0.5, 0.6) is 0 Å². The zero-order valence-corrected chi connectivity index (χ0v) is 6.08. The molecule has 0 saturated carbocycles. The third kappa shape index (κ3) is 1.97. The van der Waals surface area contributed by atoms with E-state index in [1.54, 1.807) is 17.0 Å². The summed E-state index contributed by atoms with van der Waals surface area (Å²) >= 11 is 0. The van der Waals surface area contributed by atoms with Gasteiger partial charge >= 0.3 is 5.69 Å². The number of nitriles is 1. The van der Waals surface area contributed by atoms with Gasteiger partial charge in [-0.2, -0.15) is 5.26 Å². The molecule has 0 spiro atoms. The highest BCUT2D eigenvalue weighted by Crippen LogP contribution is 1.89. The van der Waals surface area contributed by atoms with E-state index in [0.29, 0.717) is 13.0 Å². The molecule has 1 aromatic rings. The topological polar surface area (TPSA) is 61.6 Å². The molecule has 0 radical (unpaired) electrons. The van der Waals surface area contributed by atoms with E-state index in [2.05, 4.69) is 4.98 Å². The largest absolute Gasteiger partial charge is 0.325 e. The quantitative estimate of drug-likeness (QED) is 0.638. The fourth-order valence-electron chi connectivity index (χ4n) is 0.854. The molecular formula is C7H9N3O. The Bertz CT molecular complexity index is 304. The van der Waals surface area contributed by atoms with E-state index >= 15 is 0 Å². The van der Waals surface area contributed by atoms with E-state index < -0.39 is 0 Å². The van der Waals surface area contributed by atoms with Crippen molar-refractivity contribution in [3.8, 4) is 6.07 Å². The van der Waals surface area contributed by atoms with Crippen molar-refractivity contribution in [2.75, 3.05) is 0 Å². The summed E-state index contributed by atoms with van der Waals surface area (Å²) in [5.74, 6) is 0. The summed E-state index contributed by atoms with van der Waals surface area (Å²) in [6, 6.07) is 2.02. The molecule has 58 valence electrons. The van der Waals surface area contributed by atoms with E-state index in [4.69, 9.17) is 5.26 Å². The van der Waals surface area contributed by atoms with Gasteiger partial charge in [-0.1, -0.05) is 0 Å². The molecule has 0 aliphatic rings. The Balaban J connectivity index is 2.46. The Morgan fingerprint density at radius 1 is 1.73 bits per heavy atom. The summed E-state index contributed by atoms with van der Waals surface area (Å²) in [6.07, 6.45) is 4.50. The number of hydrogen-bond acceptors (Lipinski definition) is 2. The van der Waals surface area contributed by atoms with Gasteiger partial charge in [0.2, 0.25) is 0 Å². The molecule has 1 heterocycles. The highest BCUT2D eigenvalue weighted by molar-refractivity contribution is 4.76. The zero-order chi connectivity index (χ0) is 8.10. The number of aryl methyl sites for hydroxylation is 1. The average Bonchev–Trinajstić information content (AvgIpc) is 2.37. The fraction of sp³-hybridized carbons (Fsp3) is 0.429. The van der Waals surface area contributed by atoms with Gasteiger partial charge in [0.25, 0.3) is 0 Å². The van der Waals surface area contributed by atoms with Crippen molar-refractivity contribution in [1.82, 2.24) is 9.55 Å². The summed E-state index contributed by atoms with van der Waals surface area (Å²) in [5.41, 5.74) is -0.108. The van der Waals surface area contributed by atoms with Gasteiger partial charge in [0.05, 0.1) is 6.07 Å². The van der Waals surface area contributed by atoms with E-state index in [-0.39, 0.29) is 5.69 Å². The predicted molar refractivity (Wildman–Crippen MR) is 39.9 cm³/mol. The molecule has 0 aliphatic heterocycles. The minimum atomic E-state index is -0.108. The molecule has 0 saturated heterocycles. The monoisotopic (exact) mass is 151 g/mol. The highest BCUT2D eigenvalue weighted by atomic mass is 16.1. The molecule has 11 heavy (non-hydrogen) atoms. The average molecular weight is 151 g/mol. The maximum atomic E-state index is 10.8. The van der Waals surface area contributed by atoms with Crippen molar-refractivity contribution in [3.05, 3.63) is 22.9 Å².